The summed E-state index contributed by atoms with van der Waals surface area (Å²) in [6.45, 7) is 9.14. The van der Waals surface area contributed by atoms with E-state index in [1.807, 2.05) is 25.1 Å². The Hall–Kier alpha value is -1.89. The molecule has 15 heavy (non-hydrogen) atoms. The van der Waals surface area contributed by atoms with Gasteiger partial charge in [0.1, 0.15) is 0 Å². The third-order valence-corrected chi connectivity index (χ3v) is 2.06. The Balaban J connectivity index is 3.08. The van der Waals surface area contributed by atoms with Crippen molar-refractivity contribution in [3.05, 3.63) is 72.4 Å². The molecule has 0 N–H and O–H groups in total. The first-order valence-electron chi connectivity index (χ1n) is 4.75. The summed E-state index contributed by atoms with van der Waals surface area (Å²) in [5.41, 5.74) is 2.32. The molecule has 0 aliphatic heterocycles. The molecule has 0 radical (unpaired) electrons. The average molecular weight is 198 g/mol. The third-order valence-electron chi connectivity index (χ3n) is 2.06. The lowest BCUT2D eigenvalue weighted by Gasteiger charge is -2.01. The van der Waals surface area contributed by atoms with Crippen molar-refractivity contribution in [1.82, 2.24) is 0 Å². The molecule has 0 aliphatic carbocycles. The number of hydrogen-bond acceptors (Lipinski definition) is 1. The van der Waals surface area contributed by atoms with Crippen LogP contribution in [-0.2, 0) is 0 Å². The molecule has 0 saturated heterocycles. The van der Waals surface area contributed by atoms with Crippen LogP contribution in [0.2, 0.25) is 0 Å². The van der Waals surface area contributed by atoms with E-state index in [-0.39, 0.29) is 5.78 Å². The van der Waals surface area contributed by atoms with Crippen molar-refractivity contribution in [2.24, 2.45) is 0 Å². The van der Waals surface area contributed by atoms with E-state index in [2.05, 4.69) is 13.2 Å². The van der Waals surface area contributed by atoms with Gasteiger partial charge in [0.25, 0.3) is 0 Å². The van der Waals surface area contributed by atoms with Gasteiger partial charge in [-0.15, -0.1) is 0 Å². The Kier molecular flexibility index (Phi) is 3.81. The lowest BCUT2D eigenvalue weighted by molar-refractivity contribution is 0.103. The molecule has 0 aromatic heterocycles. The number of carbonyl (C=O) groups excluding carboxylic acids is 1. The van der Waals surface area contributed by atoms with Crippen molar-refractivity contribution < 1.29 is 4.79 Å². The topological polar surface area (TPSA) is 17.1 Å². The van der Waals surface area contributed by atoms with Gasteiger partial charge in [-0.05, 0) is 13.0 Å². The fourth-order valence-corrected chi connectivity index (χ4v) is 1.32. The van der Waals surface area contributed by atoms with Crippen LogP contribution in [0.3, 0.4) is 0 Å². The van der Waals surface area contributed by atoms with Gasteiger partial charge in [-0.1, -0.05) is 55.1 Å². The van der Waals surface area contributed by atoms with Gasteiger partial charge in [-0.25, -0.2) is 0 Å². The molecule has 0 bridgehead atoms. The molecule has 1 rings (SSSR count). The molecule has 0 heterocycles. The highest BCUT2D eigenvalue weighted by Crippen LogP contribution is 2.11. The predicted molar refractivity (Wildman–Crippen MR) is 64.0 cm³/mol. The molecule has 1 aromatic carbocycles. The van der Waals surface area contributed by atoms with Crippen molar-refractivity contribution >= 4 is 5.78 Å². The number of ketones is 1. The highest BCUT2D eigenvalue weighted by Gasteiger charge is 2.08. The number of Topliss-reactive ketones (excluding diaryl/α,β-unsaturated/α-hetero) is 1. The molecule has 0 aliphatic rings. The molecule has 76 valence electrons. The van der Waals surface area contributed by atoms with E-state index in [0.29, 0.717) is 11.1 Å². The SMILES string of the molecule is C=C/C=C(\C=C)C(=O)c1cccc(C)c1. The number of allylic oxidation sites excluding steroid dienone is 4. The van der Waals surface area contributed by atoms with Crippen molar-refractivity contribution in [1.29, 1.82) is 0 Å². The minimum atomic E-state index is -0.0198. The van der Waals surface area contributed by atoms with Gasteiger partial charge in [0, 0.05) is 11.1 Å². The number of rotatable bonds is 4. The molecule has 0 fully saturated rings. The number of aryl methyl sites for hydroxylation is 1. The number of hydrogen-bond donors (Lipinski definition) is 0. The minimum Gasteiger partial charge on any atom is -0.289 e. The van der Waals surface area contributed by atoms with Gasteiger partial charge in [-0.3, -0.25) is 4.79 Å². The predicted octanol–water partition coefficient (Wildman–Crippen LogP) is 3.48. The van der Waals surface area contributed by atoms with Gasteiger partial charge < -0.3 is 0 Å². The standard InChI is InChI=1S/C14H14O/c1-4-7-12(5-2)14(15)13-9-6-8-11(3)10-13/h4-10H,1-2H2,3H3/b12-7+. The Morgan fingerprint density at radius 2 is 2.07 bits per heavy atom. The highest BCUT2D eigenvalue weighted by molar-refractivity contribution is 6.10. The van der Waals surface area contributed by atoms with Crippen molar-refractivity contribution in [3.8, 4) is 0 Å². The second-order valence-electron chi connectivity index (χ2n) is 3.26. The van der Waals surface area contributed by atoms with Crippen LogP contribution >= 0.6 is 0 Å². The first-order valence-corrected chi connectivity index (χ1v) is 4.75. The fraction of sp³-hybridized carbons (Fsp3) is 0.0714. The maximum Gasteiger partial charge on any atom is 0.193 e. The zero-order chi connectivity index (χ0) is 11.3. The summed E-state index contributed by atoms with van der Waals surface area (Å²) in [5.74, 6) is -0.0198. The normalized spacial score (nSPS) is 10.9. The Morgan fingerprint density at radius 1 is 1.33 bits per heavy atom. The number of benzene rings is 1. The van der Waals surface area contributed by atoms with Crippen LogP contribution in [0.15, 0.2) is 61.2 Å². The summed E-state index contributed by atoms with van der Waals surface area (Å²) in [7, 11) is 0. The lowest BCUT2D eigenvalue weighted by Crippen LogP contribution is -2.01. The lowest BCUT2D eigenvalue weighted by atomic mass is 10.0. The number of carbonyl (C=O) groups is 1. The summed E-state index contributed by atoms with van der Waals surface area (Å²) < 4.78 is 0. The molecule has 0 saturated carbocycles. The molecule has 0 amide bonds. The van der Waals surface area contributed by atoms with Crippen LogP contribution in [-0.4, -0.2) is 5.78 Å². The Morgan fingerprint density at radius 3 is 2.60 bits per heavy atom. The van der Waals surface area contributed by atoms with Crippen LogP contribution in [0.5, 0.6) is 0 Å². The van der Waals surface area contributed by atoms with E-state index in [4.69, 9.17) is 0 Å². The molecule has 1 heteroatoms. The third kappa shape index (κ3) is 2.78. The van der Waals surface area contributed by atoms with Crippen LogP contribution < -0.4 is 0 Å². The summed E-state index contributed by atoms with van der Waals surface area (Å²) in [5, 5.41) is 0. The van der Waals surface area contributed by atoms with Gasteiger partial charge in [0.05, 0.1) is 0 Å². The summed E-state index contributed by atoms with van der Waals surface area (Å²) in [6, 6.07) is 7.50. The van der Waals surface area contributed by atoms with Crippen LogP contribution in [0.1, 0.15) is 15.9 Å². The molecule has 1 aromatic rings. The van der Waals surface area contributed by atoms with Crippen molar-refractivity contribution in [2.45, 2.75) is 6.92 Å². The fourth-order valence-electron chi connectivity index (χ4n) is 1.32. The second kappa shape index (κ2) is 5.11. The van der Waals surface area contributed by atoms with E-state index in [9.17, 15) is 4.79 Å². The van der Waals surface area contributed by atoms with Gasteiger partial charge in [0.15, 0.2) is 5.78 Å². The molecule has 1 nitrogen and oxygen atoms in total. The highest BCUT2D eigenvalue weighted by atomic mass is 16.1. The van der Waals surface area contributed by atoms with Crippen LogP contribution in [0, 0.1) is 6.92 Å². The Labute approximate surface area is 90.4 Å². The quantitative estimate of drug-likeness (QED) is 0.411. The Bertz CT molecular complexity index is 425. The van der Waals surface area contributed by atoms with Crippen LogP contribution in [0.4, 0.5) is 0 Å². The summed E-state index contributed by atoms with van der Waals surface area (Å²) in [6.07, 6.45) is 4.80. The molecule has 0 unspecified atom stereocenters. The van der Waals surface area contributed by atoms with Crippen molar-refractivity contribution in [3.63, 3.8) is 0 Å². The molecular weight excluding hydrogens is 184 g/mol. The first kappa shape index (κ1) is 11.2. The zero-order valence-corrected chi connectivity index (χ0v) is 8.86. The smallest absolute Gasteiger partial charge is 0.193 e. The first-order chi connectivity index (χ1) is 7.19. The van der Waals surface area contributed by atoms with E-state index < -0.39 is 0 Å². The maximum atomic E-state index is 11.9. The van der Waals surface area contributed by atoms with E-state index >= 15 is 0 Å². The van der Waals surface area contributed by atoms with Gasteiger partial charge >= 0.3 is 0 Å². The maximum absolute atomic E-state index is 11.9. The summed E-state index contributed by atoms with van der Waals surface area (Å²) >= 11 is 0. The van der Waals surface area contributed by atoms with E-state index in [0.717, 1.165) is 5.56 Å². The van der Waals surface area contributed by atoms with E-state index in [1.54, 1.807) is 24.3 Å². The van der Waals surface area contributed by atoms with Gasteiger partial charge in [-0.2, -0.15) is 0 Å². The summed E-state index contributed by atoms with van der Waals surface area (Å²) in [4.78, 5) is 11.9. The second-order valence-corrected chi connectivity index (χ2v) is 3.26. The zero-order valence-electron chi connectivity index (χ0n) is 8.86. The van der Waals surface area contributed by atoms with Gasteiger partial charge in [0.2, 0.25) is 0 Å². The van der Waals surface area contributed by atoms with Crippen molar-refractivity contribution in [2.75, 3.05) is 0 Å². The monoisotopic (exact) mass is 198 g/mol. The molecular formula is C14H14O. The largest absolute Gasteiger partial charge is 0.289 e. The van der Waals surface area contributed by atoms with Crippen LogP contribution in [0.25, 0.3) is 0 Å². The molecule has 0 spiro atoms. The molecule has 0 atom stereocenters. The minimum absolute atomic E-state index is 0.0198. The average Bonchev–Trinajstić information content (AvgIpc) is 2.25. The van der Waals surface area contributed by atoms with E-state index in [1.165, 1.54) is 0 Å².